The van der Waals surface area contributed by atoms with Gasteiger partial charge in [-0.05, 0) is 19.9 Å². The number of hydrogen-bond acceptors (Lipinski definition) is 7. The molecule has 2 atom stereocenters. The maximum atomic E-state index is 11.1. The molecule has 1 aromatic rings. The van der Waals surface area contributed by atoms with Gasteiger partial charge in [-0.15, -0.1) is 0 Å². The molecule has 1 rings (SSSR count). The van der Waals surface area contributed by atoms with Gasteiger partial charge in [-0.3, -0.25) is 4.57 Å². The first kappa shape index (κ1) is 18.2. The van der Waals surface area contributed by atoms with Crippen molar-refractivity contribution in [2.75, 3.05) is 11.9 Å². The first-order valence-electron chi connectivity index (χ1n) is 5.75. The van der Waals surface area contributed by atoms with Gasteiger partial charge >= 0.3 is 7.60 Å². The zero-order valence-corrected chi connectivity index (χ0v) is 13.1. The van der Waals surface area contributed by atoms with Crippen molar-refractivity contribution in [1.82, 2.24) is 9.97 Å². The van der Waals surface area contributed by atoms with Gasteiger partial charge in [-0.1, -0.05) is 0 Å². The fourth-order valence-corrected chi connectivity index (χ4v) is 3.71. The molecule has 0 spiro atoms. The van der Waals surface area contributed by atoms with E-state index < -0.39 is 26.7 Å². The third kappa shape index (κ3) is 4.31. The molecular weight excluding hydrogens is 324 g/mol. The lowest BCUT2D eigenvalue weighted by atomic mass is 10.3. The third-order valence-corrected chi connectivity index (χ3v) is 6.47. The van der Waals surface area contributed by atoms with Crippen molar-refractivity contribution in [3.63, 3.8) is 0 Å². The summed E-state index contributed by atoms with van der Waals surface area (Å²) in [4.78, 5) is 45.7. The number of anilines is 1. The van der Waals surface area contributed by atoms with Crippen LogP contribution >= 0.6 is 15.2 Å². The summed E-state index contributed by atoms with van der Waals surface area (Å²) < 4.78 is 22.1. The maximum Gasteiger partial charge on any atom is 0.365 e. The highest BCUT2D eigenvalue weighted by Gasteiger charge is 2.53. The maximum absolute atomic E-state index is 11.1. The molecule has 0 bridgehead atoms. The molecule has 0 aliphatic heterocycles. The van der Waals surface area contributed by atoms with Crippen LogP contribution in [0.15, 0.2) is 6.07 Å². The highest BCUT2D eigenvalue weighted by atomic mass is 31.2. The Hall–Kier alpha value is -0.860. The highest BCUT2D eigenvalue weighted by molar-refractivity contribution is 7.71. The number of rotatable bonds is 6. The van der Waals surface area contributed by atoms with Crippen LogP contribution in [0.1, 0.15) is 17.8 Å². The first-order chi connectivity index (χ1) is 9.37. The van der Waals surface area contributed by atoms with Crippen LogP contribution in [0.2, 0.25) is 0 Å². The molecule has 21 heavy (non-hydrogen) atoms. The van der Waals surface area contributed by atoms with E-state index in [1.165, 1.54) is 0 Å². The Balaban J connectivity index is 2.85. The fraction of sp³-hybridized carbons (Fsp3) is 0.556. The van der Waals surface area contributed by atoms with Crippen molar-refractivity contribution in [2.45, 2.75) is 25.4 Å². The van der Waals surface area contributed by atoms with Gasteiger partial charge in [0, 0.05) is 24.4 Å². The lowest BCUT2D eigenvalue weighted by molar-refractivity contribution is -0.206. The van der Waals surface area contributed by atoms with E-state index in [4.69, 9.17) is 14.7 Å². The fourth-order valence-electron chi connectivity index (χ4n) is 1.60. The van der Waals surface area contributed by atoms with Crippen molar-refractivity contribution in [3.8, 4) is 0 Å². The number of aryl methyl sites for hydroxylation is 2. The standard InChI is InChI=1S/C9H17N3O7P2/c1-6-5-7(2)12-8(11-6)10-4-3-9(13,20(14,15)16)21(17,18)19/h5,13H,3-4H2,1-2H3,(H,10,11,12)(H2,14,15,16)(H2,17,18,19)/p-1. The monoisotopic (exact) mass is 340 g/mol. The molecule has 0 aliphatic rings. The molecule has 10 nitrogen and oxygen atoms in total. The summed E-state index contributed by atoms with van der Waals surface area (Å²) in [5.41, 5.74) is 1.26. The van der Waals surface area contributed by atoms with Gasteiger partial charge in [0.25, 0.3) is 0 Å². The first-order valence-corrected chi connectivity index (χ1v) is 8.94. The Morgan fingerprint density at radius 1 is 1.24 bits per heavy atom. The molecule has 2 unspecified atom stereocenters. The molecule has 5 N–H and O–H groups in total. The molecule has 0 saturated heterocycles. The molecule has 1 aromatic heterocycles. The van der Waals surface area contributed by atoms with E-state index in [9.17, 15) is 19.1 Å². The quantitative estimate of drug-likeness (QED) is 0.415. The number of nitrogens with zero attached hydrogens (tertiary/aromatic N) is 2. The molecule has 0 saturated carbocycles. The summed E-state index contributed by atoms with van der Waals surface area (Å²) >= 11 is 0. The van der Waals surface area contributed by atoms with Crippen LogP contribution in [0.25, 0.3) is 0 Å². The van der Waals surface area contributed by atoms with Gasteiger partial charge in [0.05, 0.1) is 0 Å². The molecule has 0 aliphatic carbocycles. The topological polar surface area (TPSA) is 176 Å². The van der Waals surface area contributed by atoms with Gasteiger partial charge in [-0.2, -0.15) is 0 Å². The smallest absolute Gasteiger partial charge is 0.365 e. The number of hydrogen-bond donors (Lipinski definition) is 5. The van der Waals surface area contributed by atoms with E-state index in [1.807, 2.05) is 0 Å². The molecule has 0 amide bonds. The van der Waals surface area contributed by atoms with Crippen LogP contribution in [-0.2, 0) is 9.13 Å². The van der Waals surface area contributed by atoms with E-state index in [0.717, 1.165) is 0 Å². The van der Waals surface area contributed by atoms with Crippen LogP contribution in [0.3, 0.4) is 0 Å². The predicted octanol–water partition coefficient (Wildman–Crippen LogP) is -0.735. The number of aliphatic hydroxyl groups is 1. The molecule has 0 fully saturated rings. The molecule has 120 valence electrons. The summed E-state index contributed by atoms with van der Waals surface area (Å²) in [7, 11) is -11.2. The van der Waals surface area contributed by atoms with Gasteiger partial charge in [0.15, 0.2) is 7.60 Å². The van der Waals surface area contributed by atoms with Gasteiger partial charge in [0.2, 0.25) is 11.0 Å². The average molecular weight is 340 g/mol. The van der Waals surface area contributed by atoms with Crippen molar-refractivity contribution in [3.05, 3.63) is 17.5 Å². The molecule has 0 aromatic carbocycles. The normalized spacial score (nSPS) is 17.9. The Morgan fingerprint density at radius 3 is 2.10 bits per heavy atom. The van der Waals surface area contributed by atoms with Crippen LogP contribution < -0.4 is 10.2 Å². The molecule has 0 radical (unpaired) electrons. The van der Waals surface area contributed by atoms with Gasteiger partial charge in [0.1, 0.15) is 0 Å². The summed E-state index contributed by atoms with van der Waals surface area (Å²) in [5.74, 6) is 0.110. The SMILES string of the molecule is Cc1cc(C)nc(NCCC(O)(P(=O)([O-])O)P(=O)(O)O)n1. The van der Waals surface area contributed by atoms with Crippen molar-refractivity contribution in [2.24, 2.45) is 0 Å². The number of aromatic nitrogens is 2. The second-order valence-corrected chi connectivity index (χ2v) is 8.45. The van der Waals surface area contributed by atoms with E-state index >= 15 is 0 Å². The van der Waals surface area contributed by atoms with E-state index in [0.29, 0.717) is 11.4 Å². The van der Waals surface area contributed by atoms with E-state index in [2.05, 4.69) is 15.3 Å². The summed E-state index contributed by atoms with van der Waals surface area (Å²) in [5, 5.41) is 8.58. The lowest BCUT2D eigenvalue weighted by Gasteiger charge is -2.36. The average Bonchev–Trinajstić information content (AvgIpc) is 2.24. The zero-order valence-electron chi connectivity index (χ0n) is 11.3. The Morgan fingerprint density at radius 2 is 1.71 bits per heavy atom. The van der Waals surface area contributed by atoms with Crippen LogP contribution in [0.5, 0.6) is 0 Å². The predicted molar refractivity (Wildman–Crippen MR) is 71.4 cm³/mol. The van der Waals surface area contributed by atoms with Crippen molar-refractivity contribution >= 4 is 21.1 Å². The van der Waals surface area contributed by atoms with E-state index in [-0.39, 0.29) is 12.5 Å². The van der Waals surface area contributed by atoms with E-state index in [1.54, 1.807) is 19.9 Å². The minimum absolute atomic E-state index is 0.110. The van der Waals surface area contributed by atoms with Crippen LogP contribution in [0.4, 0.5) is 5.95 Å². The number of nitrogens with one attached hydrogen (secondary N) is 1. The zero-order chi connectivity index (χ0) is 16.5. The molecule has 1 heterocycles. The van der Waals surface area contributed by atoms with Crippen molar-refractivity contribution < 1.29 is 33.8 Å². The third-order valence-electron chi connectivity index (χ3n) is 2.64. The van der Waals surface area contributed by atoms with Crippen molar-refractivity contribution in [1.29, 1.82) is 0 Å². The Bertz CT molecular complexity index is 569. The largest absolute Gasteiger partial charge is 0.776 e. The van der Waals surface area contributed by atoms with Gasteiger partial charge < -0.3 is 34.6 Å². The van der Waals surface area contributed by atoms with Crippen LogP contribution in [-0.4, -0.2) is 41.4 Å². The minimum atomic E-state index is -5.69. The molecular formula is C9H16N3O7P2-. The second-order valence-electron chi connectivity index (χ2n) is 4.49. The lowest BCUT2D eigenvalue weighted by Crippen LogP contribution is -2.35. The highest BCUT2D eigenvalue weighted by Crippen LogP contribution is 2.66. The van der Waals surface area contributed by atoms with Gasteiger partial charge in [-0.25, -0.2) is 9.97 Å². The summed E-state index contributed by atoms with van der Waals surface area (Å²) in [6.45, 7) is 3.02. The Kier molecular flexibility index (Phi) is 5.28. The summed E-state index contributed by atoms with van der Waals surface area (Å²) in [6.07, 6.45) is -0.940. The summed E-state index contributed by atoms with van der Waals surface area (Å²) in [6, 6.07) is 1.69. The molecule has 12 heteroatoms. The second kappa shape index (κ2) is 6.10. The van der Waals surface area contributed by atoms with Crippen LogP contribution in [0, 0.1) is 13.8 Å². The Labute approximate surface area is 120 Å². The minimum Gasteiger partial charge on any atom is -0.776 e.